The van der Waals surface area contributed by atoms with Gasteiger partial charge >= 0.3 is 6.18 Å². The van der Waals surface area contributed by atoms with E-state index < -0.39 is 18.6 Å². The molecule has 8 heteroatoms. The van der Waals surface area contributed by atoms with Gasteiger partial charge in [-0.15, -0.1) is 24.8 Å². The summed E-state index contributed by atoms with van der Waals surface area (Å²) in [6.45, 7) is 8.71. The van der Waals surface area contributed by atoms with Crippen LogP contribution in [0.1, 0.15) is 31.9 Å². The van der Waals surface area contributed by atoms with Gasteiger partial charge in [-0.2, -0.15) is 13.2 Å². The Kier molecular flexibility index (Phi) is 10.8. The zero-order valence-corrected chi connectivity index (χ0v) is 16.3. The number of nitrogens with zero attached hydrogens (tertiary/aromatic N) is 2. The molecule has 0 amide bonds. The van der Waals surface area contributed by atoms with Crippen molar-refractivity contribution in [2.45, 2.75) is 32.5 Å². The standard InChI is InChI=1S/C17H26F3N3.2ClH/c1-3-22(4-2)15-7-5-14(6-8-15)16(13-17(18,19)20)23-11-9-21-10-12-23;;/h5-8,16,21H,3-4,9-13H2,1-2H3;2*1H/t16-;;/m0../s1. The lowest BCUT2D eigenvalue weighted by Gasteiger charge is -2.36. The first-order valence-corrected chi connectivity index (χ1v) is 8.31. The summed E-state index contributed by atoms with van der Waals surface area (Å²) in [4.78, 5) is 4.13. The van der Waals surface area contributed by atoms with Crippen LogP contribution in [0, 0.1) is 0 Å². The summed E-state index contributed by atoms with van der Waals surface area (Å²) in [7, 11) is 0. The van der Waals surface area contributed by atoms with Gasteiger partial charge in [0.05, 0.1) is 6.42 Å². The maximum absolute atomic E-state index is 13.0. The smallest absolute Gasteiger partial charge is 0.372 e. The molecule has 1 N–H and O–H groups in total. The highest BCUT2D eigenvalue weighted by atomic mass is 35.5. The number of halogens is 5. The second kappa shape index (κ2) is 11.1. The average Bonchev–Trinajstić information content (AvgIpc) is 2.55. The first-order valence-electron chi connectivity index (χ1n) is 8.31. The maximum atomic E-state index is 13.0. The normalized spacial score (nSPS) is 16.5. The topological polar surface area (TPSA) is 18.5 Å². The van der Waals surface area contributed by atoms with Gasteiger partial charge in [-0.25, -0.2) is 0 Å². The summed E-state index contributed by atoms with van der Waals surface area (Å²) >= 11 is 0. The van der Waals surface area contributed by atoms with E-state index in [1.807, 2.05) is 29.2 Å². The minimum Gasteiger partial charge on any atom is -0.372 e. The minimum atomic E-state index is -4.16. The van der Waals surface area contributed by atoms with Crippen LogP contribution in [0.15, 0.2) is 24.3 Å². The molecule has 0 aliphatic carbocycles. The van der Waals surface area contributed by atoms with E-state index in [0.717, 1.165) is 37.4 Å². The molecule has 0 spiro atoms. The lowest BCUT2D eigenvalue weighted by atomic mass is 10.00. The van der Waals surface area contributed by atoms with Crippen LogP contribution >= 0.6 is 24.8 Å². The molecule has 1 aromatic carbocycles. The van der Waals surface area contributed by atoms with Crippen molar-refractivity contribution in [3.05, 3.63) is 29.8 Å². The molecule has 0 bridgehead atoms. The molecule has 0 saturated carbocycles. The van der Waals surface area contributed by atoms with Crippen molar-refractivity contribution in [1.82, 2.24) is 10.2 Å². The zero-order chi connectivity index (χ0) is 16.9. The summed E-state index contributed by atoms with van der Waals surface area (Å²) < 4.78 is 39.0. The number of alkyl halides is 3. The highest BCUT2D eigenvalue weighted by Crippen LogP contribution is 2.34. The second-order valence-electron chi connectivity index (χ2n) is 5.88. The molecule has 0 radical (unpaired) electrons. The summed E-state index contributed by atoms with van der Waals surface area (Å²) in [5.41, 5.74) is 1.81. The zero-order valence-electron chi connectivity index (χ0n) is 14.7. The Labute approximate surface area is 160 Å². The Balaban J connectivity index is 0.00000288. The van der Waals surface area contributed by atoms with E-state index in [-0.39, 0.29) is 24.8 Å². The number of hydrogen-bond donors (Lipinski definition) is 1. The highest BCUT2D eigenvalue weighted by molar-refractivity contribution is 5.85. The van der Waals surface area contributed by atoms with Crippen molar-refractivity contribution in [3.8, 4) is 0 Å². The molecule has 1 fully saturated rings. The molecule has 1 aliphatic rings. The van der Waals surface area contributed by atoms with Crippen molar-refractivity contribution in [2.24, 2.45) is 0 Å². The first-order chi connectivity index (χ1) is 10.9. The van der Waals surface area contributed by atoms with Crippen molar-refractivity contribution in [2.75, 3.05) is 44.2 Å². The summed E-state index contributed by atoms with van der Waals surface area (Å²) in [6.07, 6.45) is -4.95. The third kappa shape index (κ3) is 7.21. The third-order valence-corrected chi connectivity index (χ3v) is 4.42. The molecule has 1 atom stereocenters. The lowest BCUT2D eigenvalue weighted by molar-refractivity contribution is -0.148. The molecular weight excluding hydrogens is 374 g/mol. The van der Waals surface area contributed by atoms with E-state index in [4.69, 9.17) is 0 Å². The predicted molar refractivity (Wildman–Crippen MR) is 102 cm³/mol. The van der Waals surface area contributed by atoms with Gasteiger partial charge in [-0.05, 0) is 31.5 Å². The SMILES string of the molecule is CCN(CC)c1ccc([C@H](CC(F)(F)F)N2CCNCC2)cc1.Cl.Cl. The van der Waals surface area contributed by atoms with Crippen molar-refractivity contribution < 1.29 is 13.2 Å². The molecular formula is C17H28Cl2F3N3. The van der Waals surface area contributed by atoms with Gasteiger partial charge < -0.3 is 10.2 Å². The molecule has 0 aromatic heterocycles. The van der Waals surface area contributed by atoms with E-state index in [9.17, 15) is 13.2 Å². The van der Waals surface area contributed by atoms with Gasteiger partial charge in [0.15, 0.2) is 0 Å². The van der Waals surface area contributed by atoms with Crippen LogP contribution in [0.5, 0.6) is 0 Å². The fraction of sp³-hybridized carbons (Fsp3) is 0.647. The van der Waals surface area contributed by atoms with Crippen LogP contribution in [0.2, 0.25) is 0 Å². The number of hydrogen-bond acceptors (Lipinski definition) is 3. The van der Waals surface area contributed by atoms with Crippen molar-refractivity contribution in [3.63, 3.8) is 0 Å². The molecule has 3 nitrogen and oxygen atoms in total. The van der Waals surface area contributed by atoms with Crippen LogP contribution in [0.4, 0.5) is 18.9 Å². The maximum Gasteiger partial charge on any atom is 0.390 e. The van der Waals surface area contributed by atoms with Gasteiger partial charge in [0.2, 0.25) is 0 Å². The van der Waals surface area contributed by atoms with Crippen LogP contribution in [0.25, 0.3) is 0 Å². The monoisotopic (exact) mass is 401 g/mol. The Morgan fingerprint density at radius 3 is 2.00 bits per heavy atom. The van der Waals surface area contributed by atoms with Gasteiger partial charge in [0, 0.05) is 51.0 Å². The first kappa shape index (κ1) is 24.3. The Hall–Kier alpha value is -0.690. The van der Waals surface area contributed by atoms with Gasteiger partial charge in [-0.1, -0.05) is 12.1 Å². The molecule has 2 rings (SSSR count). The Bertz CT molecular complexity index is 473. The molecule has 25 heavy (non-hydrogen) atoms. The molecule has 1 heterocycles. The summed E-state index contributed by atoms with van der Waals surface area (Å²) in [5.74, 6) is 0. The number of rotatable bonds is 6. The number of nitrogens with one attached hydrogen (secondary N) is 1. The number of benzene rings is 1. The lowest BCUT2D eigenvalue weighted by Crippen LogP contribution is -2.46. The predicted octanol–water partition coefficient (Wildman–Crippen LogP) is 4.28. The second-order valence-corrected chi connectivity index (χ2v) is 5.88. The molecule has 1 aromatic rings. The summed E-state index contributed by atoms with van der Waals surface area (Å²) in [5, 5.41) is 3.19. The molecule has 1 saturated heterocycles. The van der Waals surface area contributed by atoms with Crippen LogP contribution < -0.4 is 10.2 Å². The van der Waals surface area contributed by atoms with E-state index in [2.05, 4.69) is 24.1 Å². The molecule has 1 aliphatic heterocycles. The number of anilines is 1. The third-order valence-electron chi connectivity index (χ3n) is 4.42. The van der Waals surface area contributed by atoms with Crippen LogP contribution in [-0.4, -0.2) is 50.3 Å². The number of piperazine rings is 1. The largest absolute Gasteiger partial charge is 0.390 e. The van der Waals surface area contributed by atoms with E-state index >= 15 is 0 Å². The highest BCUT2D eigenvalue weighted by Gasteiger charge is 2.35. The average molecular weight is 402 g/mol. The summed E-state index contributed by atoms with van der Waals surface area (Å²) in [6, 6.07) is 6.99. The van der Waals surface area contributed by atoms with Crippen molar-refractivity contribution in [1.29, 1.82) is 0 Å². The van der Waals surface area contributed by atoms with E-state index in [1.165, 1.54) is 0 Å². The van der Waals surface area contributed by atoms with Gasteiger partial charge in [-0.3, -0.25) is 4.90 Å². The van der Waals surface area contributed by atoms with Crippen LogP contribution in [-0.2, 0) is 0 Å². The Morgan fingerprint density at radius 2 is 1.56 bits per heavy atom. The fourth-order valence-electron chi connectivity index (χ4n) is 3.17. The van der Waals surface area contributed by atoms with E-state index in [1.54, 1.807) is 0 Å². The Morgan fingerprint density at radius 1 is 1.04 bits per heavy atom. The van der Waals surface area contributed by atoms with Gasteiger partial charge in [0.25, 0.3) is 0 Å². The molecule has 146 valence electrons. The quantitative estimate of drug-likeness (QED) is 0.767. The van der Waals surface area contributed by atoms with Crippen LogP contribution in [0.3, 0.4) is 0 Å². The van der Waals surface area contributed by atoms with E-state index in [0.29, 0.717) is 13.1 Å². The fourth-order valence-corrected chi connectivity index (χ4v) is 3.17. The minimum absolute atomic E-state index is 0. The van der Waals surface area contributed by atoms with Gasteiger partial charge in [0.1, 0.15) is 0 Å². The van der Waals surface area contributed by atoms with Crippen molar-refractivity contribution >= 4 is 30.5 Å². The molecule has 0 unspecified atom stereocenters.